The van der Waals surface area contributed by atoms with Gasteiger partial charge in [-0.3, -0.25) is 9.88 Å². The maximum absolute atomic E-state index is 12.5. The van der Waals surface area contributed by atoms with Gasteiger partial charge in [0.05, 0.1) is 12.7 Å². The molecule has 1 aromatic heterocycles. The lowest BCUT2D eigenvalue weighted by Gasteiger charge is -2.37. The molecule has 0 bridgehead atoms. The number of ether oxygens (including phenoxy) is 2. The highest BCUT2D eigenvalue weighted by Gasteiger charge is 2.41. The summed E-state index contributed by atoms with van der Waals surface area (Å²) in [7, 11) is -1.99. The first-order valence-corrected chi connectivity index (χ1v) is 12.9. The SMILES string of the molecule is C=CCOC(=O)Nc1nc(=O)n([C@H]2C[C@H](O)[C@@H](CO[Si](C)(C)C(C)(C)C)O2)cc1C. The first kappa shape index (κ1) is 24.3. The molecule has 1 aromatic rings. The van der Waals surface area contributed by atoms with Crippen LogP contribution in [0.1, 0.15) is 39.0 Å². The van der Waals surface area contributed by atoms with E-state index in [0.29, 0.717) is 5.56 Å². The number of nitrogens with one attached hydrogen (secondary N) is 1. The lowest BCUT2D eigenvalue weighted by atomic mass is 10.2. The Balaban J connectivity index is 2.08. The Morgan fingerprint density at radius 2 is 2.17 bits per heavy atom. The van der Waals surface area contributed by atoms with Crippen molar-refractivity contribution >= 4 is 20.2 Å². The van der Waals surface area contributed by atoms with Crippen molar-refractivity contribution < 1.29 is 23.8 Å². The van der Waals surface area contributed by atoms with Crippen LogP contribution in [-0.2, 0) is 13.9 Å². The number of carbonyl (C=O) groups is 1. The van der Waals surface area contributed by atoms with Crippen LogP contribution in [0, 0.1) is 6.92 Å². The molecule has 0 aromatic carbocycles. The predicted molar refractivity (Wildman–Crippen MR) is 116 cm³/mol. The number of anilines is 1. The van der Waals surface area contributed by atoms with E-state index in [9.17, 15) is 14.7 Å². The second-order valence-electron chi connectivity index (χ2n) is 8.98. The maximum atomic E-state index is 12.5. The van der Waals surface area contributed by atoms with Gasteiger partial charge in [0.25, 0.3) is 0 Å². The van der Waals surface area contributed by atoms with Crippen LogP contribution >= 0.6 is 0 Å². The molecule has 2 rings (SSSR count). The zero-order valence-electron chi connectivity index (χ0n) is 18.6. The van der Waals surface area contributed by atoms with E-state index in [1.807, 2.05) is 0 Å². The van der Waals surface area contributed by atoms with Gasteiger partial charge < -0.3 is 19.0 Å². The van der Waals surface area contributed by atoms with Gasteiger partial charge in [0.2, 0.25) is 0 Å². The first-order chi connectivity index (χ1) is 13.9. The second-order valence-corrected chi connectivity index (χ2v) is 13.8. The van der Waals surface area contributed by atoms with Crippen molar-refractivity contribution in [3.05, 3.63) is 34.9 Å². The Morgan fingerprint density at radius 3 is 2.77 bits per heavy atom. The van der Waals surface area contributed by atoms with E-state index in [1.165, 1.54) is 10.6 Å². The Kier molecular flexibility index (Phi) is 7.62. The number of carbonyl (C=O) groups excluding carboxylic acids is 1. The number of rotatable bonds is 7. The largest absolute Gasteiger partial charge is 0.445 e. The van der Waals surface area contributed by atoms with Crippen molar-refractivity contribution in [3.8, 4) is 0 Å². The Labute approximate surface area is 178 Å². The zero-order valence-corrected chi connectivity index (χ0v) is 19.6. The molecule has 168 valence electrons. The fourth-order valence-electron chi connectivity index (χ4n) is 2.71. The van der Waals surface area contributed by atoms with E-state index in [1.54, 1.807) is 13.1 Å². The molecule has 9 nitrogen and oxygen atoms in total. The highest BCUT2D eigenvalue weighted by Crippen LogP contribution is 2.37. The van der Waals surface area contributed by atoms with Gasteiger partial charge in [-0.1, -0.05) is 33.4 Å². The first-order valence-electron chi connectivity index (χ1n) is 9.97. The standard InChI is InChI=1S/C20H33N3O6Si/c1-8-9-27-19(26)22-17-13(2)11-23(18(25)21-17)16-10-14(24)15(29-16)12-28-30(6,7)20(3,4)5/h8,11,14-16,24H,1,9-10,12H2,2-7H3,(H,21,22,25,26)/t14-,15+,16+/m0/s1. The lowest BCUT2D eigenvalue weighted by molar-refractivity contribution is -0.0432. The fraction of sp³-hybridized carbons (Fsp3) is 0.650. The summed E-state index contributed by atoms with van der Waals surface area (Å²) in [5.41, 5.74) is -0.0352. The summed E-state index contributed by atoms with van der Waals surface area (Å²) in [6.07, 6.45) is 0.576. The third-order valence-electron chi connectivity index (χ3n) is 5.62. The molecule has 1 saturated heterocycles. The quantitative estimate of drug-likeness (QED) is 0.496. The Bertz CT molecular complexity index is 833. The van der Waals surface area contributed by atoms with Gasteiger partial charge in [0.15, 0.2) is 8.32 Å². The summed E-state index contributed by atoms with van der Waals surface area (Å²) < 4.78 is 18.3. The molecule has 0 radical (unpaired) electrons. The summed E-state index contributed by atoms with van der Waals surface area (Å²) in [5, 5.41) is 12.9. The van der Waals surface area contributed by atoms with Crippen molar-refractivity contribution in [2.24, 2.45) is 0 Å². The number of aliphatic hydroxyl groups is 1. The highest BCUT2D eigenvalue weighted by atomic mass is 28.4. The fourth-order valence-corrected chi connectivity index (χ4v) is 3.72. The molecule has 2 heterocycles. The molecule has 0 saturated carbocycles. The summed E-state index contributed by atoms with van der Waals surface area (Å²) in [6.45, 7) is 16.2. The van der Waals surface area contributed by atoms with E-state index >= 15 is 0 Å². The molecule has 10 heteroatoms. The summed E-state index contributed by atoms with van der Waals surface area (Å²) in [6, 6.07) is 0. The third kappa shape index (κ3) is 5.78. The topological polar surface area (TPSA) is 112 Å². The van der Waals surface area contributed by atoms with Gasteiger partial charge in [-0.05, 0) is 25.1 Å². The smallest absolute Gasteiger partial charge is 0.413 e. The van der Waals surface area contributed by atoms with Crippen molar-refractivity contribution in [2.75, 3.05) is 18.5 Å². The van der Waals surface area contributed by atoms with Crippen molar-refractivity contribution in [1.29, 1.82) is 0 Å². The van der Waals surface area contributed by atoms with Crippen molar-refractivity contribution in [3.63, 3.8) is 0 Å². The van der Waals surface area contributed by atoms with E-state index in [-0.39, 0.29) is 30.5 Å². The van der Waals surface area contributed by atoms with Gasteiger partial charge >= 0.3 is 11.8 Å². The van der Waals surface area contributed by atoms with Gasteiger partial charge in [0, 0.05) is 18.2 Å². The zero-order chi connectivity index (χ0) is 22.7. The minimum atomic E-state index is -1.99. The number of nitrogens with zero attached hydrogens (tertiary/aromatic N) is 2. The second kappa shape index (κ2) is 9.42. The van der Waals surface area contributed by atoms with E-state index in [4.69, 9.17) is 13.9 Å². The van der Waals surface area contributed by atoms with E-state index < -0.39 is 38.5 Å². The maximum Gasteiger partial charge on any atom is 0.413 e. The lowest BCUT2D eigenvalue weighted by Crippen LogP contribution is -2.43. The molecule has 1 aliphatic rings. The minimum Gasteiger partial charge on any atom is -0.445 e. The van der Waals surface area contributed by atoms with E-state index in [0.717, 1.165) is 0 Å². The summed E-state index contributed by atoms with van der Waals surface area (Å²) >= 11 is 0. The number of aromatic nitrogens is 2. The average molecular weight is 440 g/mol. The number of hydrogen-bond acceptors (Lipinski definition) is 7. The Hall–Kier alpha value is -2.01. The number of aryl methyl sites for hydroxylation is 1. The Morgan fingerprint density at radius 1 is 1.50 bits per heavy atom. The van der Waals surface area contributed by atoms with Crippen molar-refractivity contribution in [2.45, 2.75) is 70.7 Å². The van der Waals surface area contributed by atoms with Crippen molar-refractivity contribution in [1.82, 2.24) is 9.55 Å². The molecule has 0 unspecified atom stereocenters. The van der Waals surface area contributed by atoms with Crippen LogP contribution in [0.2, 0.25) is 18.1 Å². The van der Waals surface area contributed by atoms with Gasteiger partial charge in [0.1, 0.15) is 24.8 Å². The average Bonchev–Trinajstić information content (AvgIpc) is 3.00. The molecule has 0 spiro atoms. The third-order valence-corrected chi connectivity index (χ3v) is 10.1. The van der Waals surface area contributed by atoms with Gasteiger partial charge in [-0.2, -0.15) is 4.98 Å². The van der Waals surface area contributed by atoms with Crippen LogP contribution in [0.4, 0.5) is 10.6 Å². The van der Waals surface area contributed by atoms with Gasteiger partial charge in [-0.15, -0.1) is 0 Å². The molecular weight excluding hydrogens is 406 g/mol. The molecule has 1 fully saturated rings. The molecular formula is C20H33N3O6Si. The van der Waals surface area contributed by atoms with Gasteiger partial charge in [-0.25, -0.2) is 9.59 Å². The normalized spacial score (nSPS) is 22.0. The van der Waals surface area contributed by atoms with Crippen LogP contribution < -0.4 is 11.0 Å². The molecule has 2 N–H and O–H groups in total. The molecule has 3 atom stereocenters. The highest BCUT2D eigenvalue weighted by molar-refractivity contribution is 6.74. The van der Waals surface area contributed by atoms with Crippen LogP contribution in [0.25, 0.3) is 0 Å². The summed E-state index contributed by atoms with van der Waals surface area (Å²) in [5.74, 6) is 0.113. The number of hydrogen-bond donors (Lipinski definition) is 2. The monoisotopic (exact) mass is 439 g/mol. The minimum absolute atomic E-state index is 0.0452. The van der Waals surface area contributed by atoms with Crippen LogP contribution in [0.15, 0.2) is 23.6 Å². The van der Waals surface area contributed by atoms with E-state index in [2.05, 4.69) is 50.7 Å². The summed E-state index contributed by atoms with van der Waals surface area (Å²) in [4.78, 5) is 28.1. The molecule has 0 aliphatic carbocycles. The molecule has 1 aliphatic heterocycles. The molecule has 30 heavy (non-hydrogen) atoms. The predicted octanol–water partition coefficient (Wildman–Crippen LogP) is 2.96. The number of amides is 1. The van der Waals surface area contributed by atoms with Crippen LogP contribution in [0.5, 0.6) is 0 Å². The van der Waals surface area contributed by atoms with Crippen LogP contribution in [0.3, 0.4) is 0 Å². The number of aliphatic hydroxyl groups excluding tert-OH is 1. The van der Waals surface area contributed by atoms with Crippen LogP contribution in [-0.4, -0.2) is 54.5 Å². The molecule has 1 amide bonds.